The van der Waals surface area contributed by atoms with Crippen molar-refractivity contribution in [1.82, 2.24) is 9.21 Å². The van der Waals surface area contributed by atoms with Gasteiger partial charge in [-0.15, -0.1) is 0 Å². The lowest BCUT2D eigenvalue weighted by Crippen LogP contribution is -2.49. The molecule has 1 aliphatic rings. The monoisotopic (exact) mass is 617 g/mol. The Bertz CT molecular complexity index is 1300. The third-order valence-electron chi connectivity index (χ3n) is 8.65. The minimum absolute atomic E-state index is 0.0148. The molecule has 0 unspecified atom stereocenters. The maximum atomic E-state index is 13.5. The number of carbonyl (C=O) groups is 1. The fraction of sp³-hybridized carbons (Fsp3) is 0.486. The van der Waals surface area contributed by atoms with E-state index in [1.54, 1.807) is 28.6 Å². The third kappa shape index (κ3) is 10.3. The van der Waals surface area contributed by atoms with Crippen LogP contribution in [0.5, 0.6) is 0 Å². The van der Waals surface area contributed by atoms with Gasteiger partial charge in [0.05, 0.1) is 10.9 Å². The third-order valence-corrected chi connectivity index (χ3v) is 10.6. The van der Waals surface area contributed by atoms with E-state index in [9.17, 15) is 13.2 Å². The zero-order valence-corrected chi connectivity index (χ0v) is 27.3. The summed E-state index contributed by atoms with van der Waals surface area (Å²) in [4.78, 5) is 15.1. The number of nitrogens with zero attached hydrogens (tertiary/aromatic N) is 2. The summed E-state index contributed by atoms with van der Waals surface area (Å²) >= 11 is 0. The largest absolute Gasteiger partial charge is 0.326 e. The lowest BCUT2D eigenvalue weighted by molar-refractivity contribution is -0.116. The average Bonchev–Trinajstić information content (AvgIpc) is 3.05. The van der Waals surface area contributed by atoms with Gasteiger partial charge in [-0.2, -0.15) is 4.31 Å². The normalized spacial score (nSPS) is 14.6. The molecule has 1 aliphatic heterocycles. The summed E-state index contributed by atoms with van der Waals surface area (Å²) in [5.41, 5.74) is 3.04. The van der Waals surface area contributed by atoms with E-state index >= 15 is 0 Å². The number of nitrogens with one attached hydrogen (secondary N) is 1. The molecule has 0 saturated carbocycles. The molecule has 0 atom stereocenters. The van der Waals surface area contributed by atoms with Crippen molar-refractivity contribution in [3.8, 4) is 0 Å². The number of amides is 1. The van der Waals surface area contributed by atoms with Crippen molar-refractivity contribution in [2.45, 2.75) is 94.9 Å². The molecule has 4 rings (SSSR count). The predicted octanol–water partition coefficient (Wildman–Crippen LogP) is 8.42. The number of sulfonamides is 1. The van der Waals surface area contributed by atoms with Crippen LogP contribution >= 0.6 is 0 Å². The number of benzene rings is 3. The highest BCUT2D eigenvalue weighted by Crippen LogP contribution is 2.30. The first kappa shape index (κ1) is 33.9. The molecule has 1 amide bonds. The SMILES string of the molecule is CCCCCCCCCCCCCC(=O)Nc1ccc(S(=O)(=O)N2CCN(C(c3ccccc3)c3ccccc3)CC2)cc1. The van der Waals surface area contributed by atoms with Gasteiger partial charge in [-0.25, -0.2) is 8.42 Å². The molecule has 0 aromatic heterocycles. The second kappa shape index (κ2) is 18.1. The van der Waals surface area contributed by atoms with Crippen molar-refractivity contribution in [1.29, 1.82) is 0 Å². The Morgan fingerprint density at radius 2 is 1.14 bits per heavy atom. The highest BCUT2D eigenvalue weighted by molar-refractivity contribution is 7.89. The second-order valence-corrected chi connectivity index (χ2v) is 14.0. The molecule has 3 aromatic carbocycles. The van der Waals surface area contributed by atoms with E-state index in [1.807, 2.05) is 12.1 Å². The first-order valence-electron chi connectivity index (χ1n) is 16.7. The van der Waals surface area contributed by atoms with Crippen molar-refractivity contribution >= 4 is 21.6 Å². The predicted molar refractivity (Wildman–Crippen MR) is 181 cm³/mol. The van der Waals surface area contributed by atoms with Gasteiger partial charge in [-0.05, 0) is 41.8 Å². The summed E-state index contributed by atoms with van der Waals surface area (Å²) in [6, 6.07) is 27.5. The number of hydrogen-bond acceptors (Lipinski definition) is 4. The molecule has 3 aromatic rings. The minimum atomic E-state index is -3.63. The van der Waals surface area contributed by atoms with Crippen molar-refractivity contribution in [2.75, 3.05) is 31.5 Å². The molecule has 44 heavy (non-hydrogen) atoms. The van der Waals surface area contributed by atoms with Crippen LogP contribution in [0.1, 0.15) is 101 Å². The topological polar surface area (TPSA) is 69.7 Å². The van der Waals surface area contributed by atoms with Crippen LogP contribution in [0, 0.1) is 0 Å². The van der Waals surface area contributed by atoms with Gasteiger partial charge in [0.25, 0.3) is 0 Å². The van der Waals surface area contributed by atoms with Crippen LogP contribution in [0.15, 0.2) is 89.8 Å². The highest BCUT2D eigenvalue weighted by Gasteiger charge is 2.32. The van der Waals surface area contributed by atoms with E-state index in [0.29, 0.717) is 38.3 Å². The lowest BCUT2D eigenvalue weighted by Gasteiger charge is -2.39. The van der Waals surface area contributed by atoms with E-state index < -0.39 is 10.0 Å². The quantitative estimate of drug-likeness (QED) is 0.146. The van der Waals surface area contributed by atoms with Gasteiger partial charge in [-0.1, -0.05) is 132 Å². The molecule has 0 spiro atoms. The number of anilines is 1. The number of unbranched alkanes of at least 4 members (excludes halogenated alkanes) is 10. The fourth-order valence-electron chi connectivity index (χ4n) is 6.12. The molecule has 0 radical (unpaired) electrons. The number of hydrogen-bond donors (Lipinski definition) is 1. The van der Waals surface area contributed by atoms with Crippen molar-refractivity contribution in [3.05, 3.63) is 96.1 Å². The molecule has 238 valence electrons. The van der Waals surface area contributed by atoms with Gasteiger partial charge >= 0.3 is 0 Å². The van der Waals surface area contributed by atoms with Crippen LogP contribution in [0.4, 0.5) is 5.69 Å². The maximum absolute atomic E-state index is 13.5. The van der Waals surface area contributed by atoms with Gasteiger partial charge in [-0.3, -0.25) is 9.69 Å². The van der Waals surface area contributed by atoms with Crippen LogP contribution in [0.2, 0.25) is 0 Å². The summed E-state index contributed by atoms with van der Waals surface area (Å²) in [7, 11) is -3.63. The summed E-state index contributed by atoms with van der Waals surface area (Å²) < 4.78 is 28.5. The maximum Gasteiger partial charge on any atom is 0.243 e. The molecule has 1 N–H and O–H groups in total. The number of carbonyl (C=O) groups excluding carboxylic acids is 1. The van der Waals surface area contributed by atoms with Crippen molar-refractivity contribution in [2.24, 2.45) is 0 Å². The van der Waals surface area contributed by atoms with Crippen molar-refractivity contribution in [3.63, 3.8) is 0 Å². The van der Waals surface area contributed by atoms with Gasteiger partial charge in [0, 0.05) is 38.3 Å². The molecule has 0 aliphatic carbocycles. The number of rotatable bonds is 18. The molecule has 1 heterocycles. The Balaban J connectivity index is 1.20. The molecule has 6 nitrogen and oxygen atoms in total. The van der Waals surface area contributed by atoms with Gasteiger partial charge in [0.1, 0.15) is 0 Å². The van der Waals surface area contributed by atoms with E-state index in [4.69, 9.17) is 0 Å². The van der Waals surface area contributed by atoms with Gasteiger partial charge in [0.15, 0.2) is 0 Å². The average molecular weight is 618 g/mol. The Kier molecular flexibility index (Phi) is 13.9. The first-order chi connectivity index (χ1) is 21.5. The molecule has 7 heteroatoms. The van der Waals surface area contributed by atoms with Crippen molar-refractivity contribution < 1.29 is 13.2 Å². The molecule has 1 fully saturated rings. The van der Waals surface area contributed by atoms with E-state index in [-0.39, 0.29) is 16.8 Å². The van der Waals surface area contributed by atoms with Crippen LogP contribution < -0.4 is 5.32 Å². The standard InChI is InChI=1S/C37H51N3O3S/c1-2-3-4-5-6-7-8-9-10-11-18-23-36(41)38-34-24-26-35(27-25-34)44(42,43)40-30-28-39(29-31-40)37(32-19-14-12-15-20-32)33-21-16-13-17-22-33/h12-17,19-22,24-27,37H,2-11,18,23,28-31H2,1H3,(H,38,41). The first-order valence-corrected chi connectivity index (χ1v) is 18.2. The van der Waals surface area contributed by atoms with Crippen LogP contribution in [0.3, 0.4) is 0 Å². The Morgan fingerprint density at radius 3 is 1.64 bits per heavy atom. The van der Waals surface area contributed by atoms with Crippen LogP contribution in [0.25, 0.3) is 0 Å². The number of piperazine rings is 1. The molecular formula is C37H51N3O3S. The smallest absolute Gasteiger partial charge is 0.243 e. The molecule has 1 saturated heterocycles. The Labute approximate surface area is 265 Å². The zero-order valence-electron chi connectivity index (χ0n) is 26.5. The summed E-state index contributed by atoms with van der Waals surface area (Å²) in [6.45, 7) is 4.38. The van der Waals surface area contributed by atoms with E-state index in [0.717, 1.165) is 12.8 Å². The Hall–Kier alpha value is -3.00. The summed E-state index contributed by atoms with van der Waals surface area (Å²) in [5.74, 6) is -0.0148. The lowest BCUT2D eigenvalue weighted by atomic mass is 9.96. The minimum Gasteiger partial charge on any atom is -0.326 e. The summed E-state index contributed by atoms with van der Waals surface area (Å²) in [6.07, 6.45) is 14.2. The highest BCUT2D eigenvalue weighted by atomic mass is 32.2. The van der Waals surface area contributed by atoms with E-state index in [2.05, 4.69) is 65.7 Å². The van der Waals surface area contributed by atoms with Crippen LogP contribution in [-0.4, -0.2) is 49.7 Å². The zero-order chi connectivity index (χ0) is 31.0. The van der Waals surface area contributed by atoms with Crippen LogP contribution in [-0.2, 0) is 14.8 Å². The fourth-order valence-corrected chi connectivity index (χ4v) is 7.54. The summed E-state index contributed by atoms with van der Waals surface area (Å²) in [5, 5.41) is 2.93. The molecular weight excluding hydrogens is 566 g/mol. The van der Waals surface area contributed by atoms with Gasteiger partial charge < -0.3 is 5.32 Å². The molecule has 0 bridgehead atoms. The van der Waals surface area contributed by atoms with Gasteiger partial charge in [0.2, 0.25) is 15.9 Å². The second-order valence-electron chi connectivity index (χ2n) is 12.0. The Morgan fingerprint density at radius 1 is 0.659 bits per heavy atom. The van der Waals surface area contributed by atoms with E-state index in [1.165, 1.54) is 68.9 Å².